The van der Waals surface area contributed by atoms with Gasteiger partial charge < -0.3 is 5.32 Å². The van der Waals surface area contributed by atoms with Gasteiger partial charge in [-0.15, -0.1) is 0 Å². The molecular weight excluding hydrogens is 122 g/mol. The van der Waals surface area contributed by atoms with Crippen LogP contribution >= 0.6 is 0 Å². The molecule has 0 saturated carbocycles. The van der Waals surface area contributed by atoms with Crippen molar-refractivity contribution >= 4 is 0 Å². The Labute approximate surface area is 63.5 Å². The van der Waals surface area contributed by atoms with E-state index in [-0.39, 0.29) is 0 Å². The van der Waals surface area contributed by atoms with Crippen LogP contribution in [0, 0.1) is 0 Å². The summed E-state index contributed by atoms with van der Waals surface area (Å²) in [7, 11) is 0. The van der Waals surface area contributed by atoms with Crippen molar-refractivity contribution < 1.29 is 0 Å². The molecule has 0 spiro atoms. The van der Waals surface area contributed by atoms with Crippen LogP contribution in [-0.2, 0) is 0 Å². The van der Waals surface area contributed by atoms with Gasteiger partial charge in [-0.3, -0.25) is 0 Å². The van der Waals surface area contributed by atoms with Crippen LogP contribution in [0.2, 0.25) is 0 Å². The summed E-state index contributed by atoms with van der Waals surface area (Å²) in [5, 5.41) is 3.39. The molecule has 1 rings (SSSR count). The Bertz CT molecular complexity index is 128. The Balaban J connectivity index is 2.51. The maximum absolute atomic E-state index is 3.39. The Morgan fingerprint density at radius 1 is 1.60 bits per heavy atom. The number of rotatable bonds is 1. The van der Waals surface area contributed by atoms with Crippen LogP contribution in [0.3, 0.4) is 0 Å². The summed E-state index contributed by atoms with van der Waals surface area (Å²) in [6, 6.07) is 0. The van der Waals surface area contributed by atoms with Crippen molar-refractivity contribution in [3.8, 4) is 0 Å². The fraction of sp³-hybridized carbons (Fsp3) is 0.778. The molecule has 1 heteroatoms. The van der Waals surface area contributed by atoms with Crippen molar-refractivity contribution in [1.29, 1.82) is 0 Å². The van der Waals surface area contributed by atoms with Gasteiger partial charge in [0, 0.05) is 6.54 Å². The maximum Gasteiger partial charge on any atom is 0.0167 e. The van der Waals surface area contributed by atoms with Gasteiger partial charge in [-0.1, -0.05) is 18.1 Å². The molecule has 1 N–H and O–H groups in total. The molecule has 0 radical (unpaired) electrons. The fourth-order valence-electron chi connectivity index (χ4n) is 1.37. The zero-order chi connectivity index (χ0) is 7.40. The summed E-state index contributed by atoms with van der Waals surface area (Å²) in [5.41, 5.74) is 3.24. The average Bonchev–Trinajstić information content (AvgIpc) is 2.05. The van der Waals surface area contributed by atoms with Gasteiger partial charge in [0.2, 0.25) is 0 Å². The van der Waals surface area contributed by atoms with Crippen molar-refractivity contribution in [1.82, 2.24) is 5.32 Å². The molecule has 1 heterocycles. The molecule has 58 valence electrons. The van der Waals surface area contributed by atoms with Gasteiger partial charge in [0.1, 0.15) is 0 Å². The molecule has 1 fully saturated rings. The van der Waals surface area contributed by atoms with Crippen LogP contribution < -0.4 is 5.32 Å². The third-order valence-corrected chi connectivity index (χ3v) is 2.30. The highest BCUT2D eigenvalue weighted by Crippen LogP contribution is 2.15. The van der Waals surface area contributed by atoms with Crippen LogP contribution in [0.4, 0.5) is 0 Å². The van der Waals surface area contributed by atoms with Crippen LogP contribution in [0.25, 0.3) is 0 Å². The lowest BCUT2D eigenvalue weighted by molar-refractivity contribution is 0.602. The van der Waals surface area contributed by atoms with E-state index in [0.29, 0.717) is 0 Å². The molecule has 1 nitrogen and oxygen atoms in total. The summed E-state index contributed by atoms with van der Waals surface area (Å²) in [5.74, 6) is 0. The first-order chi connectivity index (χ1) is 4.84. The first-order valence-corrected chi connectivity index (χ1v) is 4.22. The molecule has 1 saturated heterocycles. The van der Waals surface area contributed by atoms with Gasteiger partial charge in [-0.05, 0) is 32.7 Å². The zero-order valence-electron chi connectivity index (χ0n) is 7.04. The Hall–Kier alpha value is -0.300. The summed E-state index contributed by atoms with van der Waals surface area (Å²) >= 11 is 0. The molecule has 1 aliphatic rings. The number of nitrogens with one attached hydrogen (secondary N) is 1. The van der Waals surface area contributed by atoms with Crippen molar-refractivity contribution in [2.75, 3.05) is 13.1 Å². The molecule has 0 aromatic rings. The summed E-state index contributed by atoms with van der Waals surface area (Å²) in [6.07, 6.45) is 3.87. The molecule has 0 amide bonds. The number of hydrogen-bond donors (Lipinski definition) is 1. The predicted molar refractivity (Wildman–Crippen MR) is 45.1 cm³/mol. The maximum atomic E-state index is 3.39. The van der Waals surface area contributed by atoms with Gasteiger partial charge in [0.25, 0.3) is 0 Å². The van der Waals surface area contributed by atoms with E-state index in [4.69, 9.17) is 0 Å². The second-order valence-corrected chi connectivity index (χ2v) is 3.02. The van der Waals surface area contributed by atoms with Gasteiger partial charge in [-0.25, -0.2) is 0 Å². The van der Waals surface area contributed by atoms with Gasteiger partial charge in [-0.2, -0.15) is 0 Å². The zero-order valence-corrected chi connectivity index (χ0v) is 7.04. The molecule has 0 bridgehead atoms. The average molecular weight is 139 g/mol. The molecular formula is C9H17N. The fourth-order valence-corrected chi connectivity index (χ4v) is 1.37. The predicted octanol–water partition coefficient (Wildman–Crippen LogP) is 2.10. The van der Waals surface area contributed by atoms with Crippen molar-refractivity contribution in [3.05, 3.63) is 11.1 Å². The van der Waals surface area contributed by atoms with E-state index in [9.17, 15) is 0 Å². The van der Waals surface area contributed by atoms with Crippen LogP contribution in [0.5, 0.6) is 0 Å². The molecule has 10 heavy (non-hydrogen) atoms. The van der Waals surface area contributed by atoms with Crippen molar-refractivity contribution in [3.63, 3.8) is 0 Å². The number of piperidine rings is 1. The first kappa shape index (κ1) is 7.80. The number of hydrogen-bond acceptors (Lipinski definition) is 1. The monoisotopic (exact) mass is 139 g/mol. The minimum atomic E-state index is 1.14. The van der Waals surface area contributed by atoms with E-state index < -0.39 is 0 Å². The van der Waals surface area contributed by atoms with Crippen LogP contribution in [-0.4, -0.2) is 13.1 Å². The van der Waals surface area contributed by atoms with Gasteiger partial charge in [0.15, 0.2) is 0 Å². The van der Waals surface area contributed by atoms with E-state index in [1.54, 1.807) is 11.1 Å². The van der Waals surface area contributed by atoms with E-state index >= 15 is 0 Å². The smallest absolute Gasteiger partial charge is 0.0167 e. The van der Waals surface area contributed by atoms with E-state index in [1.165, 1.54) is 25.8 Å². The van der Waals surface area contributed by atoms with Crippen molar-refractivity contribution in [2.24, 2.45) is 0 Å². The molecule has 0 atom stereocenters. The SMILES string of the molecule is CCC(C)=C1CCCNC1. The number of allylic oxidation sites excluding steroid dienone is 1. The topological polar surface area (TPSA) is 12.0 Å². The summed E-state index contributed by atoms with van der Waals surface area (Å²) < 4.78 is 0. The van der Waals surface area contributed by atoms with Crippen LogP contribution in [0.15, 0.2) is 11.1 Å². The molecule has 0 aromatic carbocycles. The normalized spacial score (nSPS) is 24.6. The Morgan fingerprint density at radius 3 is 2.90 bits per heavy atom. The standard InChI is InChI=1S/C9H17N/c1-3-8(2)9-5-4-6-10-7-9/h10H,3-7H2,1-2H3. The van der Waals surface area contributed by atoms with Crippen LogP contribution in [0.1, 0.15) is 33.1 Å². The highest BCUT2D eigenvalue weighted by Gasteiger charge is 2.05. The molecule has 0 aromatic heterocycles. The molecule has 0 unspecified atom stereocenters. The lowest BCUT2D eigenvalue weighted by Gasteiger charge is -2.17. The van der Waals surface area contributed by atoms with Crippen molar-refractivity contribution in [2.45, 2.75) is 33.1 Å². The Morgan fingerprint density at radius 2 is 2.40 bits per heavy atom. The lowest BCUT2D eigenvalue weighted by Crippen LogP contribution is -2.24. The second-order valence-electron chi connectivity index (χ2n) is 3.02. The quantitative estimate of drug-likeness (QED) is 0.548. The van der Waals surface area contributed by atoms with Gasteiger partial charge >= 0.3 is 0 Å². The van der Waals surface area contributed by atoms with Gasteiger partial charge in [0.05, 0.1) is 0 Å². The van der Waals surface area contributed by atoms with E-state index in [2.05, 4.69) is 19.2 Å². The largest absolute Gasteiger partial charge is 0.313 e. The highest BCUT2D eigenvalue weighted by atomic mass is 14.9. The lowest BCUT2D eigenvalue weighted by atomic mass is 10.00. The first-order valence-electron chi connectivity index (χ1n) is 4.22. The van der Waals surface area contributed by atoms with E-state index in [0.717, 1.165) is 6.54 Å². The minimum Gasteiger partial charge on any atom is -0.313 e. The molecule has 1 aliphatic heterocycles. The molecule has 0 aliphatic carbocycles. The van der Waals surface area contributed by atoms with E-state index in [1.807, 2.05) is 0 Å². The summed E-state index contributed by atoms with van der Waals surface area (Å²) in [4.78, 5) is 0. The Kier molecular flexibility index (Phi) is 2.94. The second kappa shape index (κ2) is 3.77. The third-order valence-electron chi connectivity index (χ3n) is 2.30. The minimum absolute atomic E-state index is 1.14. The third kappa shape index (κ3) is 1.84. The summed E-state index contributed by atoms with van der Waals surface area (Å²) in [6.45, 7) is 6.83. The highest BCUT2D eigenvalue weighted by molar-refractivity contribution is 5.14.